The minimum absolute atomic E-state index is 0.117. The highest BCUT2D eigenvalue weighted by atomic mass is 16.4. The first-order valence-corrected chi connectivity index (χ1v) is 6.46. The first-order valence-electron chi connectivity index (χ1n) is 6.46. The van der Waals surface area contributed by atoms with Gasteiger partial charge in [-0.1, -0.05) is 26.2 Å². The summed E-state index contributed by atoms with van der Waals surface area (Å²) in [6.07, 6.45) is 5.35. The average Bonchev–Trinajstić information content (AvgIpc) is 3.01. The molecule has 1 amide bonds. The van der Waals surface area contributed by atoms with E-state index in [2.05, 4.69) is 6.92 Å². The Morgan fingerprint density at radius 3 is 2.29 bits per heavy atom. The smallest absolute Gasteiger partial charge is 0.329 e. The molecule has 0 saturated heterocycles. The number of unbranched alkanes of at least 4 members (excludes halogenated alkanes) is 2. The monoisotopic (exact) mass is 241 g/mol. The highest BCUT2D eigenvalue weighted by Gasteiger charge is 2.47. The van der Waals surface area contributed by atoms with Gasteiger partial charge in [0.25, 0.3) is 0 Å². The SMILES string of the molecule is CCCCCC(C)(C(=O)O)N(C(C)=O)C1CC1. The van der Waals surface area contributed by atoms with Crippen LogP contribution in [0.1, 0.15) is 59.3 Å². The summed E-state index contributed by atoms with van der Waals surface area (Å²) >= 11 is 0. The Kier molecular flexibility index (Phi) is 4.54. The number of rotatable bonds is 7. The summed E-state index contributed by atoms with van der Waals surface area (Å²) < 4.78 is 0. The number of amides is 1. The minimum atomic E-state index is -1.03. The molecule has 1 rings (SSSR count). The Morgan fingerprint density at radius 1 is 1.35 bits per heavy atom. The summed E-state index contributed by atoms with van der Waals surface area (Å²) in [6, 6.07) is 0.148. The van der Waals surface area contributed by atoms with Crippen LogP contribution in [0.3, 0.4) is 0 Å². The number of aliphatic carboxylic acids is 1. The van der Waals surface area contributed by atoms with Crippen LogP contribution >= 0.6 is 0 Å². The van der Waals surface area contributed by atoms with Crippen molar-refractivity contribution in [3.8, 4) is 0 Å². The molecule has 0 radical (unpaired) electrons. The van der Waals surface area contributed by atoms with Crippen LogP contribution in [0.2, 0.25) is 0 Å². The Labute approximate surface area is 103 Å². The van der Waals surface area contributed by atoms with E-state index in [9.17, 15) is 14.7 Å². The van der Waals surface area contributed by atoms with E-state index in [1.54, 1.807) is 11.8 Å². The van der Waals surface area contributed by atoms with Crippen molar-refractivity contribution in [2.45, 2.75) is 70.9 Å². The van der Waals surface area contributed by atoms with Gasteiger partial charge in [-0.3, -0.25) is 4.79 Å². The lowest BCUT2D eigenvalue weighted by Crippen LogP contribution is -2.55. The van der Waals surface area contributed by atoms with Crippen molar-refractivity contribution < 1.29 is 14.7 Å². The van der Waals surface area contributed by atoms with E-state index in [0.717, 1.165) is 32.1 Å². The zero-order chi connectivity index (χ0) is 13.1. The molecular weight excluding hydrogens is 218 g/mol. The van der Waals surface area contributed by atoms with Crippen LogP contribution in [0.5, 0.6) is 0 Å². The Morgan fingerprint density at radius 2 is 1.94 bits per heavy atom. The molecule has 1 aliphatic rings. The zero-order valence-corrected chi connectivity index (χ0v) is 11.0. The molecule has 1 atom stereocenters. The van der Waals surface area contributed by atoms with E-state index in [4.69, 9.17) is 0 Å². The fourth-order valence-electron chi connectivity index (χ4n) is 2.39. The lowest BCUT2D eigenvalue weighted by atomic mass is 9.91. The van der Waals surface area contributed by atoms with Gasteiger partial charge in [0.05, 0.1) is 0 Å². The largest absolute Gasteiger partial charge is 0.480 e. The molecule has 0 bridgehead atoms. The zero-order valence-electron chi connectivity index (χ0n) is 11.0. The summed E-state index contributed by atoms with van der Waals surface area (Å²) in [5.74, 6) is -0.996. The van der Waals surface area contributed by atoms with Crippen molar-refractivity contribution in [3.05, 3.63) is 0 Å². The van der Waals surface area contributed by atoms with Gasteiger partial charge in [0.15, 0.2) is 0 Å². The maximum Gasteiger partial charge on any atom is 0.329 e. The number of nitrogens with zero attached hydrogens (tertiary/aromatic N) is 1. The van der Waals surface area contributed by atoms with Crippen molar-refractivity contribution >= 4 is 11.9 Å². The maximum absolute atomic E-state index is 11.7. The first kappa shape index (κ1) is 14.0. The van der Waals surface area contributed by atoms with Crippen molar-refractivity contribution in [2.24, 2.45) is 0 Å². The maximum atomic E-state index is 11.7. The highest BCUT2D eigenvalue weighted by Crippen LogP contribution is 2.35. The van der Waals surface area contributed by atoms with Gasteiger partial charge >= 0.3 is 5.97 Å². The third-order valence-corrected chi connectivity index (χ3v) is 3.51. The molecule has 1 saturated carbocycles. The Hall–Kier alpha value is -1.06. The topological polar surface area (TPSA) is 57.6 Å². The molecule has 0 heterocycles. The molecule has 0 aromatic heterocycles. The number of carboxylic acid groups (broad SMARTS) is 1. The Balaban J connectivity index is 2.79. The molecule has 1 unspecified atom stereocenters. The second kappa shape index (κ2) is 5.52. The van der Waals surface area contributed by atoms with Gasteiger partial charge < -0.3 is 10.0 Å². The van der Waals surface area contributed by atoms with Gasteiger partial charge in [0, 0.05) is 13.0 Å². The predicted octanol–water partition coefficient (Wildman–Crippen LogP) is 2.42. The fraction of sp³-hybridized carbons (Fsp3) is 0.846. The van der Waals surface area contributed by atoms with Gasteiger partial charge in [0.2, 0.25) is 5.91 Å². The third-order valence-electron chi connectivity index (χ3n) is 3.51. The molecule has 1 fully saturated rings. The highest BCUT2D eigenvalue weighted by molar-refractivity contribution is 5.86. The third kappa shape index (κ3) is 3.20. The van der Waals surface area contributed by atoms with Gasteiger partial charge in [-0.15, -0.1) is 0 Å². The van der Waals surface area contributed by atoms with Gasteiger partial charge in [0.1, 0.15) is 5.54 Å². The van der Waals surface area contributed by atoms with Crippen LogP contribution in [0, 0.1) is 0 Å². The lowest BCUT2D eigenvalue weighted by molar-refractivity contribution is -0.158. The van der Waals surface area contributed by atoms with Crippen LogP contribution in [0.25, 0.3) is 0 Å². The van der Waals surface area contributed by atoms with Crippen LogP contribution in [-0.4, -0.2) is 33.5 Å². The molecule has 0 aliphatic heterocycles. The van der Waals surface area contributed by atoms with Gasteiger partial charge in [-0.05, 0) is 26.2 Å². The number of carbonyl (C=O) groups is 2. The van der Waals surface area contributed by atoms with E-state index < -0.39 is 11.5 Å². The summed E-state index contributed by atoms with van der Waals surface area (Å²) in [4.78, 5) is 24.8. The normalized spacial score (nSPS) is 18.5. The van der Waals surface area contributed by atoms with Gasteiger partial charge in [-0.2, -0.15) is 0 Å². The number of hydrogen-bond acceptors (Lipinski definition) is 2. The van der Waals surface area contributed by atoms with E-state index >= 15 is 0 Å². The van der Waals surface area contributed by atoms with E-state index in [1.165, 1.54) is 6.92 Å². The predicted molar refractivity (Wildman–Crippen MR) is 65.7 cm³/mol. The summed E-state index contributed by atoms with van der Waals surface area (Å²) in [5.41, 5.74) is -1.03. The average molecular weight is 241 g/mol. The fourth-order valence-corrected chi connectivity index (χ4v) is 2.39. The quantitative estimate of drug-likeness (QED) is 0.696. The van der Waals surface area contributed by atoms with Crippen LogP contribution < -0.4 is 0 Å². The molecule has 1 aliphatic carbocycles. The van der Waals surface area contributed by atoms with E-state index in [-0.39, 0.29) is 11.9 Å². The number of carboxylic acids is 1. The van der Waals surface area contributed by atoms with Crippen LogP contribution in [0.4, 0.5) is 0 Å². The van der Waals surface area contributed by atoms with E-state index in [0.29, 0.717) is 6.42 Å². The summed E-state index contributed by atoms with van der Waals surface area (Å²) in [5, 5.41) is 9.43. The molecular formula is C13H23NO3. The lowest BCUT2D eigenvalue weighted by Gasteiger charge is -2.37. The molecule has 4 nitrogen and oxygen atoms in total. The second-order valence-corrected chi connectivity index (χ2v) is 5.16. The molecule has 17 heavy (non-hydrogen) atoms. The summed E-state index contributed by atoms with van der Waals surface area (Å²) in [7, 11) is 0. The Bertz CT molecular complexity index is 299. The van der Waals surface area contributed by atoms with Crippen molar-refractivity contribution in [3.63, 3.8) is 0 Å². The van der Waals surface area contributed by atoms with E-state index in [1.807, 2.05) is 0 Å². The minimum Gasteiger partial charge on any atom is -0.480 e. The number of hydrogen-bond donors (Lipinski definition) is 1. The molecule has 4 heteroatoms. The van der Waals surface area contributed by atoms with Crippen LogP contribution in [0.15, 0.2) is 0 Å². The summed E-state index contributed by atoms with van der Waals surface area (Å²) in [6.45, 7) is 5.24. The molecule has 0 aromatic carbocycles. The van der Waals surface area contributed by atoms with Gasteiger partial charge in [-0.25, -0.2) is 4.79 Å². The number of carbonyl (C=O) groups excluding carboxylic acids is 1. The standard InChI is InChI=1S/C13H23NO3/c1-4-5-6-9-13(3,12(16)17)14(10(2)15)11-7-8-11/h11H,4-9H2,1-3H3,(H,16,17). The molecule has 1 N–H and O–H groups in total. The van der Waals surface area contributed by atoms with Crippen LogP contribution in [-0.2, 0) is 9.59 Å². The van der Waals surface area contributed by atoms with Crippen molar-refractivity contribution in [1.82, 2.24) is 4.90 Å². The van der Waals surface area contributed by atoms with Crippen molar-refractivity contribution in [2.75, 3.05) is 0 Å². The first-order chi connectivity index (χ1) is 7.93. The van der Waals surface area contributed by atoms with Crippen molar-refractivity contribution in [1.29, 1.82) is 0 Å². The molecule has 0 spiro atoms. The molecule has 0 aromatic rings. The second-order valence-electron chi connectivity index (χ2n) is 5.16. The molecule has 98 valence electrons.